The van der Waals surface area contributed by atoms with Crippen LogP contribution < -0.4 is 16.8 Å². The van der Waals surface area contributed by atoms with E-state index >= 15 is 0 Å². The van der Waals surface area contributed by atoms with Crippen molar-refractivity contribution in [3.8, 4) is 0 Å². The number of aromatic nitrogens is 2. The number of thioether (sulfide) groups is 1. The molecule has 114 valence electrons. The summed E-state index contributed by atoms with van der Waals surface area (Å²) >= 11 is 1.05. The van der Waals surface area contributed by atoms with E-state index in [1.54, 1.807) is 12.1 Å². The zero-order chi connectivity index (χ0) is 16.1. The Hall–Kier alpha value is -2.81. The number of carboxylic acids is 1. The second kappa shape index (κ2) is 6.76. The third-order valence-electron chi connectivity index (χ3n) is 2.51. The Balaban J connectivity index is 2.00. The molecular weight excluding hydrogens is 306 g/mol. The maximum Gasteiger partial charge on any atom is 0.337 e. The van der Waals surface area contributed by atoms with Gasteiger partial charge in [-0.3, -0.25) is 4.79 Å². The van der Waals surface area contributed by atoms with Gasteiger partial charge in [0.25, 0.3) is 0 Å². The molecule has 0 fully saturated rings. The zero-order valence-electron chi connectivity index (χ0n) is 11.3. The Bertz CT molecular complexity index is 702. The number of nitrogens with zero attached hydrogens (tertiary/aromatic N) is 2. The van der Waals surface area contributed by atoms with Crippen molar-refractivity contribution >= 4 is 41.0 Å². The van der Waals surface area contributed by atoms with Crippen molar-refractivity contribution in [2.45, 2.75) is 5.16 Å². The number of benzene rings is 1. The van der Waals surface area contributed by atoms with Crippen LogP contribution in [0.2, 0.25) is 0 Å². The summed E-state index contributed by atoms with van der Waals surface area (Å²) in [5, 5.41) is 11.9. The molecule has 0 aliphatic rings. The monoisotopic (exact) mass is 319 g/mol. The van der Waals surface area contributed by atoms with E-state index in [2.05, 4.69) is 15.3 Å². The molecule has 0 radical (unpaired) electrons. The highest BCUT2D eigenvalue weighted by molar-refractivity contribution is 7.99. The van der Waals surface area contributed by atoms with Crippen LogP contribution in [0.15, 0.2) is 35.5 Å². The fourth-order valence-electron chi connectivity index (χ4n) is 1.62. The summed E-state index contributed by atoms with van der Waals surface area (Å²) in [5.41, 5.74) is 11.3. The van der Waals surface area contributed by atoms with Gasteiger partial charge in [0.15, 0.2) is 5.16 Å². The summed E-state index contributed by atoms with van der Waals surface area (Å²) in [6.07, 6.45) is 0. The molecule has 0 spiro atoms. The maximum absolute atomic E-state index is 11.9. The second-order valence-electron chi connectivity index (χ2n) is 4.19. The van der Waals surface area contributed by atoms with Gasteiger partial charge >= 0.3 is 5.97 Å². The van der Waals surface area contributed by atoms with Gasteiger partial charge in [0, 0.05) is 6.07 Å². The minimum atomic E-state index is -1.12. The fraction of sp³-hybridized carbons (Fsp3) is 0.0769. The molecule has 1 aromatic carbocycles. The number of carbonyl (C=O) groups is 2. The molecular formula is C13H13N5O3S. The van der Waals surface area contributed by atoms with Crippen LogP contribution in [0, 0.1) is 0 Å². The summed E-state index contributed by atoms with van der Waals surface area (Å²) in [7, 11) is 0. The number of para-hydroxylation sites is 1. The van der Waals surface area contributed by atoms with Crippen molar-refractivity contribution in [1.82, 2.24) is 9.97 Å². The SMILES string of the molecule is Nc1cc(N)nc(SCC(=O)Nc2ccccc2C(=O)O)n1. The first-order valence-electron chi connectivity index (χ1n) is 6.10. The number of carboxylic acid groups (broad SMARTS) is 1. The van der Waals surface area contributed by atoms with E-state index < -0.39 is 5.97 Å². The number of hydrogen-bond donors (Lipinski definition) is 4. The number of aromatic carboxylic acids is 1. The van der Waals surface area contributed by atoms with Crippen LogP contribution in [0.5, 0.6) is 0 Å². The molecule has 2 aromatic rings. The van der Waals surface area contributed by atoms with Gasteiger partial charge in [-0.25, -0.2) is 14.8 Å². The number of anilines is 3. The first-order chi connectivity index (χ1) is 10.5. The van der Waals surface area contributed by atoms with E-state index in [-0.39, 0.29) is 39.7 Å². The zero-order valence-corrected chi connectivity index (χ0v) is 12.1. The summed E-state index contributed by atoms with van der Waals surface area (Å²) in [4.78, 5) is 30.8. The molecule has 0 bridgehead atoms. The van der Waals surface area contributed by atoms with Crippen molar-refractivity contribution in [2.75, 3.05) is 22.5 Å². The van der Waals surface area contributed by atoms with E-state index in [1.165, 1.54) is 18.2 Å². The van der Waals surface area contributed by atoms with Crippen molar-refractivity contribution in [2.24, 2.45) is 0 Å². The third kappa shape index (κ3) is 4.09. The molecule has 0 aliphatic heterocycles. The van der Waals surface area contributed by atoms with E-state index in [9.17, 15) is 9.59 Å². The van der Waals surface area contributed by atoms with Gasteiger partial charge in [-0.1, -0.05) is 23.9 Å². The van der Waals surface area contributed by atoms with E-state index in [1.807, 2.05) is 0 Å². The van der Waals surface area contributed by atoms with E-state index in [0.717, 1.165) is 11.8 Å². The highest BCUT2D eigenvalue weighted by Crippen LogP contribution is 2.18. The molecule has 0 saturated carbocycles. The van der Waals surface area contributed by atoms with Crippen LogP contribution in [0.4, 0.5) is 17.3 Å². The summed E-state index contributed by atoms with van der Waals surface area (Å²) in [6.45, 7) is 0. The standard InChI is InChI=1S/C13H13N5O3S/c14-9-5-10(15)18-13(17-9)22-6-11(19)16-8-4-2-1-3-7(8)12(20)21/h1-5H,6H2,(H,16,19)(H,20,21)(H4,14,15,17,18). The smallest absolute Gasteiger partial charge is 0.337 e. The van der Waals surface area contributed by atoms with Gasteiger partial charge in [0.05, 0.1) is 17.0 Å². The number of carbonyl (C=O) groups excluding carboxylic acids is 1. The van der Waals surface area contributed by atoms with Crippen molar-refractivity contribution in [3.63, 3.8) is 0 Å². The topological polar surface area (TPSA) is 144 Å². The lowest BCUT2D eigenvalue weighted by atomic mass is 10.2. The molecule has 1 amide bonds. The van der Waals surface area contributed by atoms with E-state index in [0.29, 0.717) is 0 Å². The molecule has 6 N–H and O–H groups in total. The molecule has 2 rings (SSSR count). The van der Waals surface area contributed by atoms with Crippen LogP contribution in [-0.2, 0) is 4.79 Å². The summed E-state index contributed by atoms with van der Waals surface area (Å²) in [5.74, 6) is -1.08. The van der Waals surface area contributed by atoms with Gasteiger partial charge in [-0.15, -0.1) is 0 Å². The Morgan fingerprint density at radius 3 is 2.45 bits per heavy atom. The molecule has 8 nitrogen and oxygen atoms in total. The Labute approximate surface area is 129 Å². The van der Waals surface area contributed by atoms with Crippen molar-refractivity contribution in [1.29, 1.82) is 0 Å². The number of nitrogens with one attached hydrogen (secondary N) is 1. The average Bonchev–Trinajstić information content (AvgIpc) is 2.44. The number of nitrogens with two attached hydrogens (primary N) is 2. The lowest BCUT2D eigenvalue weighted by molar-refractivity contribution is -0.113. The predicted molar refractivity (Wildman–Crippen MR) is 83.6 cm³/mol. The minimum absolute atomic E-state index is 0.00313. The predicted octanol–water partition coefficient (Wildman–Crippen LogP) is 1.07. The van der Waals surface area contributed by atoms with Crippen LogP contribution in [0.3, 0.4) is 0 Å². The number of hydrogen-bond acceptors (Lipinski definition) is 7. The molecule has 9 heteroatoms. The molecule has 22 heavy (non-hydrogen) atoms. The maximum atomic E-state index is 11.9. The molecule has 1 aromatic heterocycles. The van der Waals surface area contributed by atoms with E-state index in [4.69, 9.17) is 16.6 Å². The van der Waals surface area contributed by atoms with Gasteiger partial charge in [0.1, 0.15) is 11.6 Å². The summed E-state index contributed by atoms with van der Waals surface area (Å²) < 4.78 is 0. The van der Waals surface area contributed by atoms with Gasteiger partial charge in [-0.05, 0) is 12.1 Å². The van der Waals surface area contributed by atoms with Crippen LogP contribution in [-0.4, -0.2) is 32.7 Å². The molecule has 1 heterocycles. The van der Waals surface area contributed by atoms with Crippen LogP contribution in [0.25, 0.3) is 0 Å². The van der Waals surface area contributed by atoms with Gasteiger partial charge < -0.3 is 21.9 Å². The van der Waals surface area contributed by atoms with Gasteiger partial charge in [-0.2, -0.15) is 0 Å². The Morgan fingerprint density at radius 2 is 1.82 bits per heavy atom. The number of nitrogen functional groups attached to an aromatic ring is 2. The Morgan fingerprint density at radius 1 is 1.18 bits per heavy atom. The first kappa shape index (κ1) is 15.6. The van der Waals surface area contributed by atoms with Crippen LogP contribution >= 0.6 is 11.8 Å². The lowest BCUT2D eigenvalue weighted by Gasteiger charge is -2.08. The third-order valence-corrected chi connectivity index (χ3v) is 3.36. The minimum Gasteiger partial charge on any atom is -0.478 e. The van der Waals surface area contributed by atoms with Crippen molar-refractivity contribution < 1.29 is 14.7 Å². The Kier molecular flexibility index (Phi) is 4.79. The number of amides is 1. The first-order valence-corrected chi connectivity index (χ1v) is 7.09. The normalized spacial score (nSPS) is 10.2. The fourth-order valence-corrected chi connectivity index (χ4v) is 2.29. The molecule has 0 atom stereocenters. The largest absolute Gasteiger partial charge is 0.478 e. The average molecular weight is 319 g/mol. The molecule has 0 aliphatic carbocycles. The van der Waals surface area contributed by atoms with Gasteiger partial charge in [0.2, 0.25) is 5.91 Å². The highest BCUT2D eigenvalue weighted by atomic mass is 32.2. The highest BCUT2D eigenvalue weighted by Gasteiger charge is 2.12. The second-order valence-corrected chi connectivity index (χ2v) is 5.13. The quantitative estimate of drug-likeness (QED) is 0.473. The summed E-state index contributed by atoms with van der Waals surface area (Å²) in [6, 6.07) is 7.55. The lowest BCUT2D eigenvalue weighted by Crippen LogP contribution is -2.16. The number of rotatable bonds is 5. The van der Waals surface area contributed by atoms with Crippen molar-refractivity contribution in [3.05, 3.63) is 35.9 Å². The van der Waals surface area contributed by atoms with Crippen LogP contribution in [0.1, 0.15) is 10.4 Å². The molecule has 0 unspecified atom stereocenters. The molecule has 0 saturated heterocycles.